The molecule has 1 heteroatoms. The molecule has 1 aromatic carbocycles. The summed E-state index contributed by atoms with van der Waals surface area (Å²) >= 11 is 0. The topological polar surface area (TPSA) is 0 Å². The molecule has 0 heterocycles. The Labute approximate surface area is 78.8 Å². The van der Waals surface area contributed by atoms with Gasteiger partial charge in [0.15, 0.2) is 0 Å². The first-order valence-electron chi connectivity index (χ1n) is 5.07. The highest BCUT2D eigenvalue weighted by Crippen LogP contribution is 2.34. The maximum atomic E-state index is 13.5. The predicted octanol–water partition coefficient (Wildman–Crippen LogP) is 3.68. The van der Waals surface area contributed by atoms with Crippen LogP contribution in [0.15, 0.2) is 30.3 Å². The third kappa shape index (κ3) is 1.90. The Morgan fingerprint density at radius 3 is 2.38 bits per heavy atom. The number of benzene rings is 1. The molecule has 0 spiro atoms. The molecule has 2 atom stereocenters. The molecule has 1 fully saturated rings. The fourth-order valence-corrected chi connectivity index (χ4v) is 2.16. The Hall–Kier alpha value is -0.850. The summed E-state index contributed by atoms with van der Waals surface area (Å²) in [6, 6.07) is 10.1. The van der Waals surface area contributed by atoms with E-state index in [1.807, 2.05) is 30.3 Å². The Morgan fingerprint density at radius 2 is 1.69 bits per heavy atom. The highest BCUT2D eigenvalue weighted by Gasteiger charge is 2.25. The summed E-state index contributed by atoms with van der Waals surface area (Å²) in [5.41, 5.74) is 1.18. The van der Waals surface area contributed by atoms with Crippen molar-refractivity contribution in [2.75, 3.05) is 0 Å². The number of hydrogen-bond donors (Lipinski definition) is 0. The van der Waals surface area contributed by atoms with Gasteiger partial charge in [-0.3, -0.25) is 0 Å². The van der Waals surface area contributed by atoms with Crippen molar-refractivity contribution in [3.63, 3.8) is 0 Å². The number of hydrogen-bond acceptors (Lipinski definition) is 0. The van der Waals surface area contributed by atoms with Crippen LogP contribution in [0.1, 0.15) is 37.2 Å². The lowest BCUT2D eigenvalue weighted by atomic mass is 9.83. The normalized spacial score (nSPS) is 28.7. The lowest BCUT2D eigenvalue weighted by Crippen LogP contribution is -2.18. The standard InChI is InChI=1S/C12H15F/c13-12-9-5-4-8-11(12)10-6-2-1-3-7-10/h1-3,6-7,11-12H,4-5,8-9H2/t11-,12+/m0/s1. The van der Waals surface area contributed by atoms with Gasteiger partial charge in [0, 0.05) is 5.92 Å². The molecule has 1 aliphatic carbocycles. The van der Waals surface area contributed by atoms with Crippen molar-refractivity contribution in [1.82, 2.24) is 0 Å². The van der Waals surface area contributed by atoms with Crippen molar-refractivity contribution in [2.24, 2.45) is 0 Å². The van der Waals surface area contributed by atoms with Gasteiger partial charge in [0.1, 0.15) is 6.17 Å². The van der Waals surface area contributed by atoms with Gasteiger partial charge < -0.3 is 0 Å². The minimum atomic E-state index is -0.615. The second-order valence-electron chi connectivity index (χ2n) is 3.82. The fraction of sp³-hybridized carbons (Fsp3) is 0.500. The molecular formula is C12H15F. The molecule has 0 saturated heterocycles. The second-order valence-corrected chi connectivity index (χ2v) is 3.82. The molecule has 1 saturated carbocycles. The molecule has 0 N–H and O–H groups in total. The molecule has 1 aromatic rings. The molecular weight excluding hydrogens is 163 g/mol. The van der Waals surface area contributed by atoms with Gasteiger partial charge in [-0.15, -0.1) is 0 Å². The smallest absolute Gasteiger partial charge is 0.107 e. The molecule has 1 aliphatic rings. The van der Waals surface area contributed by atoms with E-state index < -0.39 is 6.17 Å². The molecule has 0 aromatic heterocycles. The minimum absolute atomic E-state index is 0.162. The first kappa shape index (κ1) is 8.74. The van der Waals surface area contributed by atoms with Gasteiger partial charge in [-0.2, -0.15) is 0 Å². The van der Waals surface area contributed by atoms with E-state index in [-0.39, 0.29) is 5.92 Å². The van der Waals surface area contributed by atoms with Crippen molar-refractivity contribution >= 4 is 0 Å². The lowest BCUT2D eigenvalue weighted by molar-refractivity contribution is 0.216. The number of rotatable bonds is 1. The number of halogens is 1. The largest absolute Gasteiger partial charge is 0.247 e. The van der Waals surface area contributed by atoms with Gasteiger partial charge in [-0.25, -0.2) is 4.39 Å². The van der Waals surface area contributed by atoms with E-state index in [1.54, 1.807) is 0 Å². The zero-order valence-corrected chi connectivity index (χ0v) is 7.75. The fourth-order valence-electron chi connectivity index (χ4n) is 2.16. The van der Waals surface area contributed by atoms with Crippen LogP contribution in [0.2, 0.25) is 0 Å². The van der Waals surface area contributed by atoms with Crippen LogP contribution >= 0.6 is 0 Å². The molecule has 0 aliphatic heterocycles. The van der Waals surface area contributed by atoms with Gasteiger partial charge in [0.2, 0.25) is 0 Å². The summed E-state index contributed by atoms with van der Waals surface area (Å²) in [5, 5.41) is 0. The van der Waals surface area contributed by atoms with E-state index in [0.29, 0.717) is 0 Å². The zero-order valence-electron chi connectivity index (χ0n) is 7.75. The summed E-state index contributed by atoms with van der Waals surface area (Å²) < 4.78 is 13.5. The van der Waals surface area contributed by atoms with Crippen LogP contribution in [-0.4, -0.2) is 6.17 Å². The highest BCUT2D eigenvalue weighted by atomic mass is 19.1. The van der Waals surface area contributed by atoms with Crippen molar-refractivity contribution in [2.45, 2.75) is 37.8 Å². The maximum absolute atomic E-state index is 13.5. The molecule has 13 heavy (non-hydrogen) atoms. The highest BCUT2D eigenvalue weighted by molar-refractivity contribution is 5.21. The molecule has 70 valence electrons. The van der Waals surface area contributed by atoms with Crippen LogP contribution < -0.4 is 0 Å². The van der Waals surface area contributed by atoms with Gasteiger partial charge in [-0.05, 0) is 18.4 Å². The molecule has 0 amide bonds. The summed E-state index contributed by atoms with van der Waals surface area (Å²) in [5.74, 6) is 0.162. The van der Waals surface area contributed by atoms with Crippen LogP contribution in [0, 0.1) is 0 Å². The third-order valence-electron chi connectivity index (χ3n) is 2.91. The lowest BCUT2D eigenvalue weighted by Gasteiger charge is -2.25. The van der Waals surface area contributed by atoms with E-state index in [2.05, 4.69) is 0 Å². The van der Waals surface area contributed by atoms with Crippen molar-refractivity contribution < 1.29 is 4.39 Å². The zero-order chi connectivity index (χ0) is 9.10. The van der Waals surface area contributed by atoms with Gasteiger partial charge in [0.05, 0.1) is 0 Å². The van der Waals surface area contributed by atoms with Crippen molar-refractivity contribution in [3.8, 4) is 0 Å². The van der Waals surface area contributed by atoms with Crippen LogP contribution in [0.5, 0.6) is 0 Å². The predicted molar refractivity (Wildman–Crippen MR) is 52.5 cm³/mol. The molecule has 0 unspecified atom stereocenters. The Kier molecular flexibility index (Phi) is 2.62. The minimum Gasteiger partial charge on any atom is -0.247 e. The quantitative estimate of drug-likeness (QED) is 0.615. The van der Waals surface area contributed by atoms with E-state index in [1.165, 1.54) is 12.0 Å². The first-order valence-corrected chi connectivity index (χ1v) is 5.07. The van der Waals surface area contributed by atoms with Crippen molar-refractivity contribution in [1.29, 1.82) is 0 Å². The maximum Gasteiger partial charge on any atom is 0.107 e. The number of alkyl halides is 1. The third-order valence-corrected chi connectivity index (χ3v) is 2.91. The van der Waals surface area contributed by atoms with E-state index in [0.717, 1.165) is 19.3 Å². The van der Waals surface area contributed by atoms with Gasteiger partial charge in [-0.1, -0.05) is 43.2 Å². The van der Waals surface area contributed by atoms with Crippen molar-refractivity contribution in [3.05, 3.63) is 35.9 Å². The Bertz CT molecular complexity index is 255. The van der Waals surface area contributed by atoms with Crippen LogP contribution in [-0.2, 0) is 0 Å². The molecule has 2 rings (SSSR count). The van der Waals surface area contributed by atoms with Crippen LogP contribution in [0.4, 0.5) is 4.39 Å². The Morgan fingerprint density at radius 1 is 1.00 bits per heavy atom. The van der Waals surface area contributed by atoms with Gasteiger partial charge in [0.25, 0.3) is 0 Å². The summed E-state index contributed by atoms with van der Waals surface area (Å²) in [4.78, 5) is 0. The summed E-state index contributed by atoms with van der Waals surface area (Å²) in [6.45, 7) is 0. The van der Waals surface area contributed by atoms with Crippen LogP contribution in [0.25, 0.3) is 0 Å². The summed E-state index contributed by atoms with van der Waals surface area (Å²) in [6.07, 6.45) is 3.39. The monoisotopic (exact) mass is 178 g/mol. The average Bonchev–Trinajstić information content (AvgIpc) is 2.20. The first-order chi connectivity index (χ1) is 6.38. The van der Waals surface area contributed by atoms with E-state index >= 15 is 0 Å². The second kappa shape index (κ2) is 3.91. The van der Waals surface area contributed by atoms with Gasteiger partial charge >= 0.3 is 0 Å². The van der Waals surface area contributed by atoms with Crippen LogP contribution in [0.3, 0.4) is 0 Å². The SMILES string of the molecule is F[C@@H]1CCCC[C@H]1c1ccccc1. The van der Waals surface area contributed by atoms with E-state index in [9.17, 15) is 4.39 Å². The molecule has 0 radical (unpaired) electrons. The Balaban J connectivity index is 2.15. The van der Waals surface area contributed by atoms with E-state index in [4.69, 9.17) is 0 Å². The summed E-state index contributed by atoms with van der Waals surface area (Å²) in [7, 11) is 0. The molecule has 0 nitrogen and oxygen atoms in total. The molecule has 0 bridgehead atoms. The average molecular weight is 178 g/mol.